The zero-order chi connectivity index (χ0) is 13.1. The molecular weight excluding hydrogens is 226 g/mol. The molecule has 0 saturated carbocycles. The number of aromatic nitrogens is 4. The van der Waals surface area contributed by atoms with E-state index in [1.165, 1.54) is 0 Å². The van der Waals surface area contributed by atoms with Crippen molar-refractivity contribution in [3.63, 3.8) is 0 Å². The van der Waals surface area contributed by atoms with E-state index >= 15 is 0 Å². The first-order chi connectivity index (χ1) is 8.61. The Hall–Kier alpha value is -1.75. The van der Waals surface area contributed by atoms with Crippen LogP contribution in [0.1, 0.15) is 35.6 Å². The molecule has 5 heteroatoms. The van der Waals surface area contributed by atoms with Crippen LogP contribution >= 0.6 is 0 Å². The van der Waals surface area contributed by atoms with Crippen molar-refractivity contribution in [2.24, 2.45) is 7.05 Å². The standard InChI is InChI=1S/C13H19N5/c1-5-14-13(12-6-7-18(4)17-12)11-8-9(2)15-16-10(11)3/h6-8,13-14H,5H2,1-4H3. The van der Waals surface area contributed by atoms with Gasteiger partial charge in [-0.3, -0.25) is 4.68 Å². The van der Waals surface area contributed by atoms with E-state index < -0.39 is 0 Å². The zero-order valence-corrected chi connectivity index (χ0v) is 11.3. The molecule has 0 spiro atoms. The number of rotatable bonds is 4. The smallest absolute Gasteiger partial charge is 0.0839 e. The molecule has 96 valence electrons. The molecule has 0 aliphatic carbocycles. The largest absolute Gasteiger partial charge is 0.305 e. The quantitative estimate of drug-likeness (QED) is 0.887. The molecule has 0 bridgehead atoms. The first kappa shape index (κ1) is 12.7. The van der Waals surface area contributed by atoms with Gasteiger partial charge in [0.25, 0.3) is 0 Å². The summed E-state index contributed by atoms with van der Waals surface area (Å²) in [6, 6.07) is 4.18. The highest BCUT2D eigenvalue weighted by Gasteiger charge is 2.18. The van der Waals surface area contributed by atoms with Gasteiger partial charge >= 0.3 is 0 Å². The van der Waals surface area contributed by atoms with Gasteiger partial charge in [0.2, 0.25) is 0 Å². The van der Waals surface area contributed by atoms with Crippen molar-refractivity contribution < 1.29 is 0 Å². The lowest BCUT2D eigenvalue weighted by Crippen LogP contribution is -2.24. The van der Waals surface area contributed by atoms with Crippen molar-refractivity contribution in [1.29, 1.82) is 0 Å². The summed E-state index contributed by atoms with van der Waals surface area (Å²) < 4.78 is 1.82. The molecule has 0 fully saturated rings. The SMILES string of the molecule is CCNC(c1ccn(C)n1)c1cc(C)nnc1C. The maximum Gasteiger partial charge on any atom is 0.0839 e. The monoisotopic (exact) mass is 245 g/mol. The maximum atomic E-state index is 4.48. The Kier molecular flexibility index (Phi) is 3.72. The van der Waals surface area contributed by atoms with Crippen LogP contribution in [0.15, 0.2) is 18.3 Å². The van der Waals surface area contributed by atoms with Gasteiger partial charge in [0.1, 0.15) is 0 Å². The fourth-order valence-corrected chi connectivity index (χ4v) is 2.03. The van der Waals surface area contributed by atoms with Crippen molar-refractivity contribution in [2.45, 2.75) is 26.8 Å². The fourth-order valence-electron chi connectivity index (χ4n) is 2.03. The molecule has 0 aliphatic rings. The van der Waals surface area contributed by atoms with Crippen LogP contribution in [-0.2, 0) is 7.05 Å². The highest BCUT2D eigenvalue weighted by molar-refractivity contribution is 5.30. The Morgan fingerprint density at radius 1 is 1.33 bits per heavy atom. The Balaban J connectivity index is 2.44. The minimum atomic E-state index is 0.0744. The van der Waals surface area contributed by atoms with E-state index in [1.54, 1.807) is 0 Å². The van der Waals surface area contributed by atoms with Crippen LogP contribution in [-0.4, -0.2) is 26.5 Å². The molecule has 1 unspecified atom stereocenters. The van der Waals surface area contributed by atoms with Crippen LogP contribution in [0.2, 0.25) is 0 Å². The molecule has 0 radical (unpaired) electrons. The van der Waals surface area contributed by atoms with Crippen LogP contribution < -0.4 is 5.32 Å². The van der Waals surface area contributed by atoms with E-state index in [0.29, 0.717) is 0 Å². The summed E-state index contributed by atoms with van der Waals surface area (Å²) in [6.45, 7) is 6.90. The van der Waals surface area contributed by atoms with E-state index in [4.69, 9.17) is 0 Å². The molecule has 1 atom stereocenters. The Morgan fingerprint density at radius 3 is 2.72 bits per heavy atom. The van der Waals surface area contributed by atoms with Crippen LogP contribution in [0.25, 0.3) is 0 Å². The number of nitrogens with one attached hydrogen (secondary N) is 1. The van der Waals surface area contributed by atoms with Gasteiger partial charge in [-0.1, -0.05) is 6.92 Å². The van der Waals surface area contributed by atoms with Gasteiger partial charge in [0.05, 0.1) is 23.1 Å². The number of hydrogen-bond acceptors (Lipinski definition) is 4. The molecule has 2 rings (SSSR count). The maximum absolute atomic E-state index is 4.48. The van der Waals surface area contributed by atoms with E-state index in [1.807, 2.05) is 37.8 Å². The average Bonchev–Trinajstić information content (AvgIpc) is 2.76. The third-order valence-corrected chi connectivity index (χ3v) is 2.89. The highest BCUT2D eigenvalue weighted by atomic mass is 15.3. The predicted octanol–water partition coefficient (Wildman–Crippen LogP) is 1.53. The minimum absolute atomic E-state index is 0.0744. The van der Waals surface area contributed by atoms with E-state index in [2.05, 4.69) is 33.6 Å². The molecular formula is C13H19N5. The number of aryl methyl sites for hydroxylation is 3. The van der Waals surface area contributed by atoms with Gasteiger partial charge in [-0.05, 0) is 32.5 Å². The van der Waals surface area contributed by atoms with Crippen molar-refractivity contribution >= 4 is 0 Å². The molecule has 1 N–H and O–H groups in total. The summed E-state index contributed by atoms with van der Waals surface area (Å²) in [5.41, 5.74) is 4.02. The van der Waals surface area contributed by atoms with Gasteiger partial charge in [-0.15, -0.1) is 0 Å². The Bertz CT molecular complexity index is 532. The summed E-state index contributed by atoms with van der Waals surface area (Å²) in [5.74, 6) is 0. The summed E-state index contributed by atoms with van der Waals surface area (Å²) in [7, 11) is 1.93. The second-order valence-electron chi connectivity index (χ2n) is 4.43. The van der Waals surface area contributed by atoms with Gasteiger partial charge in [0.15, 0.2) is 0 Å². The molecule has 18 heavy (non-hydrogen) atoms. The van der Waals surface area contributed by atoms with Crippen LogP contribution in [0.5, 0.6) is 0 Å². The molecule has 2 heterocycles. The molecule has 0 aliphatic heterocycles. The van der Waals surface area contributed by atoms with Crippen molar-refractivity contribution in [2.75, 3.05) is 6.54 Å². The second kappa shape index (κ2) is 5.27. The predicted molar refractivity (Wildman–Crippen MR) is 70.2 cm³/mol. The normalized spacial score (nSPS) is 12.7. The molecule has 2 aromatic heterocycles. The number of hydrogen-bond donors (Lipinski definition) is 1. The van der Waals surface area contributed by atoms with Crippen LogP contribution in [0, 0.1) is 13.8 Å². The highest BCUT2D eigenvalue weighted by Crippen LogP contribution is 2.22. The van der Waals surface area contributed by atoms with Crippen LogP contribution in [0.3, 0.4) is 0 Å². The summed E-state index contributed by atoms with van der Waals surface area (Å²) in [6.07, 6.45) is 1.95. The third kappa shape index (κ3) is 2.56. The summed E-state index contributed by atoms with van der Waals surface area (Å²) in [5, 5.41) is 16.2. The molecule has 5 nitrogen and oxygen atoms in total. The van der Waals surface area contributed by atoms with Crippen LogP contribution in [0.4, 0.5) is 0 Å². The molecule has 0 saturated heterocycles. The van der Waals surface area contributed by atoms with Crippen molar-refractivity contribution in [1.82, 2.24) is 25.3 Å². The lowest BCUT2D eigenvalue weighted by Gasteiger charge is -2.17. The zero-order valence-electron chi connectivity index (χ0n) is 11.3. The minimum Gasteiger partial charge on any atom is -0.305 e. The third-order valence-electron chi connectivity index (χ3n) is 2.89. The van der Waals surface area contributed by atoms with Gasteiger partial charge < -0.3 is 5.32 Å². The second-order valence-corrected chi connectivity index (χ2v) is 4.43. The van der Waals surface area contributed by atoms with Crippen molar-refractivity contribution in [3.8, 4) is 0 Å². The number of nitrogens with zero attached hydrogens (tertiary/aromatic N) is 4. The first-order valence-electron chi connectivity index (χ1n) is 6.15. The molecule has 0 aromatic carbocycles. The molecule has 0 amide bonds. The fraction of sp³-hybridized carbons (Fsp3) is 0.462. The van der Waals surface area contributed by atoms with E-state index in [9.17, 15) is 0 Å². The lowest BCUT2D eigenvalue weighted by molar-refractivity contribution is 0.592. The van der Waals surface area contributed by atoms with Gasteiger partial charge in [-0.2, -0.15) is 15.3 Å². The first-order valence-corrected chi connectivity index (χ1v) is 6.15. The lowest BCUT2D eigenvalue weighted by atomic mass is 10.0. The average molecular weight is 245 g/mol. The summed E-state index contributed by atoms with van der Waals surface area (Å²) in [4.78, 5) is 0. The topological polar surface area (TPSA) is 55.6 Å². The van der Waals surface area contributed by atoms with E-state index in [0.717, 1.165) is 29.2 Å². The Morgan fingerprint density at radius 2 is 2.11 bits per heavy atom. The van der Waals surface area contributed by atoms with Crippen molar-refractivity contribution in [3.05, 3.63) is 41.0 Å². The van der Waals surface area contributed by atoms with E-state index in [-0.39, 0.29) is 6.04 Å². The van der Waals surface area contributed by atoms with Gasteiger partial charge in [0, 0.05) is 18.8 Å². The Labute approximate surface area is 107 Å². The van der Waals surface area contributed by atoms with Gasteiger partial charge in [-0.25, -0.2) is 0 Å². The molecule has 2 aromatic rings. The summed E-state index contributed by atoms with van der Waals surface area (Å²) >= 11 is 0.